The molecule has 0 N–H and O–H groups in total. The number of nitrogens with zero attached hydrogens (tertiary/aromatic N) is 3. The van der Waals surface area contributed by atoms with Gasteiger partial charge in [0.25, 0.3) is 5.91 Å². The van der Waals surface area contributed by atoms with Gasteiger partial charge in [-0.3, -0.25) is 9.36 Å². The van der Waals surface area contributed by atoms with Crippen molar-refractivity contribution >= 4 is 5.91 Å². The number of benzene rings is 2. The zero-order chi connectivity index (χ0) is 16.2. The highest BCUT2D eigenvalue weighted by atomic mass is 19.1. The average Bonchev–Trinajstić information content (AvgIpc) is 3.06. The van der Waals surface area contributed by atoms with Crippen LogP contribution in [-0.4, -0.2) is 27.4 Å². The van der Waals surface area contributed by atoms with Gasteiger partial charge in [-0.2, -0.15) is 0 Å². The van der Waals surface area contributed by atoms with Gasteiger partial charge in [-0.25, -0.2) is 9.37 Å². The van der Waals surface area contributed by atoms with E-state index in [2.05, 4.69) is 4.98 Å². The topological polar surface area (TPSA) is 38.1 Å². The van der Waals surface area contributed by atoms with Crippen molar-refractivity contribution in [3.05, 3.63) is 84.2 Å². The fourth-order valence-electron chi connectivity index (χ4n) is 2.38. The first-order chi connectivity index (χ1) is 11.1. The highest BCUT2D eigenvalue weighted by Crippen LogP contribution is 2.14. The number of aromatic nitrogens is 2. The summed E-state index contributed by atoms with van der Waals surface area (Å²) < 4.78 is 14.7. The number of para-hydroxylation sites is 1. The van der Waals surface area contributed by atoms with Crippen molar-refractivity contribution in [1.82, 2.24) is 14.5 Å². The number of halogens is 1. The van der Waals surface area contributed by atoms with Gasteiger partial charge in [0.15, 0.2) is 0 Å². The Kier molecular flexibility index (Phi) is 4.19. The molecule has 0 unspecified atom stereocenters. The third-order valence-corrected chi connectivity index (χ3v) is 3.57. The van der Waals surface area contributed by atoms with E-state index in [1.165, 1.54) is 12.1 Å². The summed E-state index contributed by atoms with van der Waals surface area (Å²) in [6.45, 7) is 0.402. The molecular formula is C18H16FN3O. The Morgan fingerprint density at radius 2 is 1.83 bits per heavy atom. The summed E-state index contributed by atoms with van der Waals surface area (Å²) in [6, 6.07) is 15.7. The van der Waals surface area contributed by atoms with Crippen LogP contribution in [0.4, 0.5) is 4.39 Å². The molecule has 116 valence electrons. The molecule has 2 aromatic carbocycles. The molecule has 23 heavy (non-hydrogen) atoms. The van der Waals surface area contributed by atoms with Gasteiger partial charge in [0.05, 0.1) is 12.5 Å². The molecule has 0 spiro atoms. The molecule has 1 amide bonds. The van der Waals surface area contributed by atoms with E-state index in [-0.39, 0.29) is 11.7 Å². The third kappa shape index (κ3) is 3.29. The van der Waals surface area contributed by atoms with Gasteiger partial charge >= 0.3 is 0 Å². The molecule has 0 radical (unpaired) electrons. The van der Waals surface area contributed by atoms with E-state index in [0.29, 0.717) is 12.2 Å². The first-order valence-electron chi connectivity index (χ1n) is 7.23. The lowest BCUT2D eigenvalue weighted by Crippen LogP contribution is -2.28. The van der Waals surface area contributed by atoms with Gasteiger partial charge in [-0.15, -0.1) is 0 Å². The normalized spacial score (nSPS) is 10.5. The monoisotopic (exact) mass is 309 g/mol. The van der Waals surface area contributed by atoms with Crippen molar-refractivity contribution in [2.45, 2.75) is 6.54 Å². The number of imidazole rings is 1. The van der Waals surface area contributed by atoms with Crippen LogP contribution in [-0.2, 0) is 6.54 Å². The van der Waals surface area contributed by atoms with E-state index < -0.39 is 0 Å². The highest BCUT2D eigenvalue weighted by Gasteiger charge is 2.17. The molecule has 0 fully saturated rings. The first-order valence-corrected chi connectivity index (χ1v) is 7.23. The lowest BCUT2D eigenvalue weighted by molar-refractivity contribution is 0.0777. The molecule has 3 aromatic rings. The Morgan fingerprint density at radius 1 is 1.13 bits per heavy atom. The Hall–Kier alpha value is -2.95. The summed E-state index contributed by atoms with van der Waals surface area (Å²) in [6.07, 6.45) is 3.17. The van der Waals surface area contributed by atoms with Crippen molar-refractivity contribution in [2.24, 2.45) is 0 Å². The van der Waals surface area contributed by atoms with E-state index in [9.17, 15) is 9.18 Å². The maximum absolute atomic E-state index is 13.0. The standard InChI is InChI=1S/C18H16FN3O/c1-21(12-14-7-9-15(19)10-8-14)18(23)17-11-20-13-22(17)16-5-3-2-4-6-16/h2-11,13H,12H2,1H3. The molecule has 5 heteroatoms. The van der Waals surface area contributed by atoms with Crippen LogP contribution in [0, 0.1) is 5.82 Å². The summed E-state index contributed by atoms with van der Waals surface area (Å²) in [5.41, 5.74) is 2.23. The minimum Gasteiger partial charge on any atom is -0.336 e. The second-order valence-corrected chi connectivity index (χ2v) is 5.27. The summed E-state index contributed by atoms with van der Waals surface area (Å²) in [4.78, 5) is 18.3. The molecule has 0 saturated heterocycles. The first kappa shape index (κ1) is 15.0. The number of carbonyl (C=O) groups excluding carboxylic acids is 1. The second-order valence-electron chi connectivity index (χ2n) is 5.27. The molecule has 1 heterocycles. The van der Waals surface area contributed by atoms with Gasteiger partial charge in [-0.05, 0) is 29.8 Å². The lowest BCUT2D eigenvalue weighted by Gasteiger charge is -2.18. The zero-order valence-electron chi connectivity index (χ0n) is 12.7. The van der Waals surface area contributed by atoms with E-state index >= 15 is 0 Å². The zero-order valence-corrected chi connectivity index (χ0v) is 12.7. The molecule has 0 aliphatic heterocycles. The fourth-order valence-corrected chi connectivity index (χ4v) is 2.38. The molecule has 4 nitrogen and oxygen atoms in total. The number of carbonyl (C=O) groups is 1. The minimum atomic E-state index is -0.287. The van der Waals surface area contributed by atoms with Crippen LogP contribution < -0.4 is 0 Å². The predicted molar refractivity (Wildman–Crippen MR) is 85.8 cm³/mol. The molecule has 0 bridgehead atoms. The number of hydrogen-bond donors (Lipinski definition) is 0. The van der Waals surface area contributed by atoms with E-state index in [0.717, 1.165) is 11.3 Å². The molecule has 0 saturated carbocycles. The van der Waals surface area contributed by atoms with Crippen LogP contribution in [0.15, 0.2) is 67.1 Å². The molecule has 0 atom stereocenters. The van der Waals surface area contributed by atoms with Crippen LogP contribution in [0.1, 0.15) is 16.1 Å². The van der Waals surface area contributed by atoms with E-state index in [4.69, 9.17) is 0 Å². The maximum atomic E-state index is 13.0. The van der Waals surface area contributed by atoms with Gasteiger partial charge in [0.1, 0.15) is 11.5 Å². The predicted octanol–water partition coefficient (Wildman–Crippen LogP) is 3.28. The molecular weight excluding hydrogens is 293 g/mol. The largest absolute Gasteiger partial charge is 0.336 e. The van der Waals surface area contributed by atoms with Crippen LogP contribution in [0.25, 0.3) is 5.69 Å². The number of amides is 1. The van der Waals surface area contributed by atoms with E-state index in [1.807, 2.05) is 30.3 Å². The van der Waals surface area contributed by atoms with Gasteiger partial charge in [-0.1, -0.05) is 30.3 Å². The maximum Gasteiger partial charge on any atom is 0.272 e. The summed E-state index contributed by atoms with van der Waals surface area (Å²) in [5, 5.41) is 0. The average molecular weight is 309 g/mol. The molecule has 0 aliphatic rings. The van der Waals surface area contributed by atoms with E-state index in [1.54, 1.807) is 41.2 Å². The quantitative estimate of drug-likeness (QED) is 0.742. The van der Waals surface area contributed by atoms with Crippen molar-refractivity contribution in [3.8, 4) is 5.69 Å². The molecule has 0 aliphatic carbocycles. The van der Waals surface area contributed by atoms with Crippen LogP contribution in [0.3, 0.4) is 0 Å². The van der Waals surface area contributed by atoms with Crippen molar-refractivity contribution in [2.75, 3.05) is 7.05 Å². The molecule has 3 rings (SSSR count). The lowest BCUT2D eigenvalue weighted by atomic mass is 10.2. The highest BCUT2D eigenvalue weighted by molar-refractivity contribution is 5.92. The fraction of sp³-hybridized carbons (Fsp3) is 0.111. The summed E-state index contributed by atoms with van der Waals surface area (Å²) >= 11 is 0. The Labute approximate surface area is 133 Å². The van der Waals surface area contributed by atoms with Crippen LogP contribution in [0.2, 0.25) is 0 Å². The van der Waals surface area contributed by atoms with Crippen molar-refractivity contribution < 1.29 is 9.18 Å². The third-order valence-electron chi connectivity index (χ3n) is 3.57. The van der Waals surface area contributed by atoms with Crippen molar-refractivity contribution in [3.63, 3.8) is 0 Å². The Bertz CT molecular complexity index is 797. The van der Waals surface area contributed by atoms with Crippen LogP contribution in [0.5, 0.6) is 0 Å². The van der Waals surface area contributed by atoms with Crippen molar-refractivity contribution in [1.29, 1.82) is 0 Å². The van der Waals surface area contributed by atoms with Gasteiger partial charge in [0.2, 0.25) is 0 Å². The molecule has 1 aromatic heterocycles. The second kappa shape index (κ2) is 6.44. The number of hydrogen-bond acceptors (Lipinski definition) is 2. The minimum absolute atomic E-state index is 0.143. The van der Waals surface area contributed by atoms with Crippen LogP contribution >= 0.6 is 0 Å². The summed E-state index contributed by atoms with van der Waals surface area (Å²) in [7, 11) is 1.72. The Balaban J connectivity index is 1.81. The smallest absolute Gasteiger partial charge is 0.272 e. The number of rotatable bonds is 4. The summed E-state index contributed by atoms with van der Waals surface area (Å²) in [5.74, 6) is -0.430. The van der Waals surface area contributed by atoms with Gasteiger partial charge in [0, 0.05) is 19.3 Å². The Morgan fingerprint density at radius 3 is 2.52 bits per heavy atom. The SMILES string of the molecule is CN(Cc1ccc(F)cc1)C(=O)c1cncn1-c1ccccc1. The van der Waals surface area contributed by atoms with Gasteiger partial charge < -0.3 is 4.90 Å².